The van der Waals surface area contributed by atoms with Gasteiger partial charge < -0.3 is 20.7 Å². The fraction of sp³-hybridized carbons (Fsp3) is 0.381. The number of primary amides is 1. The molecule has 9 heteroatoms. The van der Waals surface area contributed by atoms with Crippen molar-refractivity contribution in [2.75, 3.05) is 5.32 Å². The van der Waals surface area contributed by atoms with Gasteiger partial charge in [0.05, 0.1) is 18.0 Å². The first-order valence-electron chi connectivity index (χ1n) is 10.1. The fourth-order valence-corrected chi connectivity index (χ4v) is 4.23. The smallest absolute Gasteiger partial charge is 0.532 e. The predicted molar refractivity (Wildman–Crippen MR) is 114 cm³/mol. The molecule has 4 N–H and O–H groups in total. The van der Waals surface area contributed by atoms with Crippen LogP contribution in [0.4, 0.5) is 11.5 Å². The molecule has 1 saturated carbocycles. The highest BCUT2D eigenvalue weighted by molar-refractivity contribution is 6.52. The summed E-state index contributed by atoms with van der Waals surface area (Å²) in [5.41, 5.74) is 8.44. The Balaban J connectivity index is 1.67. The molecule has 4 rings (SSSR count). The number of nitrogens with zero attached hydrogens (tertiary/aromatic N) is 3. The number of rotatable bonds is 5. The zero-order chi connectivity index (χ0) is 21.4. The van der Waals surface area contributed by atoms with E-state index in [2.05, 4.69) is 16.5 Å². The number of nitriles is 1. The normalized spacial score (nSPS) is 20.4. The summed E-state index contributed by atoms with van der Waals surface area (Å²) in [5.74, 6) is 2.15. The first-order valence-corrected chi connectivity index (χ1v) is 10.1. The molecule has 1 aromatic carbocycles. The molecule has 30 heavy (non-hydrogen) atoms. The fourth-order valence-electron chi connectivity index (χ4n) is 4.23. The van der Waals surface area contributed by atoms with Crippen LogP contribution in [0.2, 0.25) is 0 Å². The Morgan fingerprint density at radius 2 is 2.27 bits per heavy atom. The minimum absolute atomic E-state index is 0.0578. The van der Waals surface area contributed by atoms with E-state index in [1.165, 1.54) is 0 Å². The molecule has 2 aromatic rings. The summed E-state index contributed by atoms with van der Waals surface area (Å²) >= 11 is 0. The van der Waals surface area contributed by atoms with E-state index in [1.807, 2.05) is 19.9 Å². The molecule has 1 fully saturated rings. The summed E-state index contributed by atoms with van der Waals surface area (Å²) < 4.78 is 7.20. The van der Waals surface area contributed by atoms with Gasteiger partial charge in [-0.1, -0.05) is 13.8 Å². The number of amides is 1. The summed E-state index contributed by atoms with van der Waals surface area (Å²) in [7, 11) is -0.967. The van der Waals surface area contributed by atoms with E-state index in [0.717, 1.165) is 36.1 Å². The van der Waals surface area contributed by atoms with Crippen molar-refractivity contribution in [3.05, 3.63) is 41.5 Å². The maximum absolute atomic E-state index is 12.0. The van der Waals surface area contributed by atoms with Crippen LogP contribution in [-0.4, -0.2) is 27.8 Å². The molecule has 8 nitrogen and oxygen atoms in total. The second-order valence-corrected chi connectivity index (χ2v) is 8.09. The Labute approximate surface area is 175 Å². The largest absolute Gasteiger partial charge is 0.552 e. The maximum Gasteiger partial charge on any atom is 0.552 e. The lowest BCUT2D eigenvalue weighted by Crippen LogP contribution is -2.24. The Morgan fingerprint density at radius 3 is 2.97 bits per heavy atom. The SMILES string of the molecule is CC(C)C1=CB(O)Oc2ccc(Nc3nn(C4CCC[C@@H]4C#N)cc3C(N)=O)cc21. The lowest BCUT2D eigenvalue weighted by atomic mass is 9.78. The minimum Gasteiger partial charge on any atom is -0.532 e. The van der Waals surface area contributed by atoms with Gasteiger partial charge in [0.2, 0.25) is 0 Å². The molecule has 1 aliphatic carbocycles. The molecule has 154 valence electrons. The van der Waals surface area contributed by atoms with Crippen LogP contribution in [0.15, 0.2) is 30.4 Å². The summed E-state index contributed by atoms with van der Waals surface area (Å²) in [5, 5.41) is 27.1. The third-order valence-corrected chi connectivity index (χ3v) is 5.73. The number of nitrogens with one attached hydrogen (secondary N) is 1. The van der Waals surface area contributed by atoms with Gasteiger partial charge in [-0.05, 0) is 54.9 Å². The van der Waals surface area contributed by atoms with Crippen molar-refractivity contribution in [2.45, 2.75) is 39.2 Å². The number of fused-ring (bicyclic) bond motifs is 1. The van der Waals surface area contributed by atoms with E-state index in [0.29, 0.717) is 11.6 Å². The Kier molecular flexibility index (Phi) is 5.26. The highest BCUT2D eigenvalue weighted by Crippen LogP contribution is 2.38. The lowest BCUT2D eigenvalue weighted by molar-refractivity contribution is 0.100. The second kappa shape index (κ2) is 7.88. The molecule has 2 heterocycles. The van der Waals surface area contributed by atoms with E-state index in [-0.39, 0.29) is 23.4 Å². The van der Waals surface area contributed by atoms with Crippen LogP contribution in [0.1, 0.15) is 55.1 Å². The molecule has 0 bridgehead atoms. The van der Waals surface area contributed by atoms with E-state index >= 15 is 0 Å². The highest BCUT2D eigenvalue weighted by atomic mass is 16.5. The van der Waals surface area contributed by atoms with Crippen molar-refractivity contribution in [3.8, 4) is 11.8 Å². The van der Waals surface area contributed by atoms with Gasteiger partial charge in [-0.3, -0.25) is 9.48 Å². The standard InChI is InChI=1S/C21H24BN5O3/c1-12(2)16-9-22(29)30-19-7-6-14(8-15(16)19)25-21-17(20(24)28)11-27(26-21)18-5-3-4-13(18)10-23/h6-9,11-13,18,29H,3-5H2,1-2H3,(H2,24,28)(H,25,26)/t13-,18?/m1/s1. The van der Waals surface area contributed by atoms with Crippen LogP contribution in [0.25, 0.3) is 5.57 Å². The zero-order valence-corrected chi connectivity index (χ0v) is 17.0. The lowest BCUT2D eigenvalue weighted by Gasteiger charge is -2.23. The Hall–Kier alpha value is -3.25. The molecule has 0 radical (unpaired) electrons. The van der Waals surface area contributed by atoms with Crippen LogP contribution >= 0.6 is 0 Å². The van der Waals surface area contributed by atoms with Crippen molar-refractivity contribution in [1.29, 1.82) is 5.26 Å². The summed E-state index contributed by atoms with van der Waals surface area (Å²) in [6, 6.07) is 7.76. The molecule has 1 aliphatic heterocycles. The van der Waals surface area contributed by atoms with Crippen molar-refractivity contribution >= 4 is 30.1 Å². The predicted octanol–water partition coefficient (Wildman–Crippen LogP) is 3.04. The number of anilines is 2. The van der Waals surface area contributed by atoms with Gasteiger partial charge in [-0.15, -0.1) is 0 Å². The number of allylic oxidation sites excluding steroid dienone is 1. The molecular formula is C21H24BN5O3. The molecule has 1 amide bonds. The minimum atomic E-state index is -0.967. The monoisotopic (exact) mass is 405 g/mol. The average molecular weight is 405 g/mol. The Morgan fingerprint density at radius 1 is 1.47 bits per heavy atom. The number of carbonyl (C=O) groups excluding carboxylic acids is 1. The zero-order valence-electron chi connectivity index (χ0n) is 17.0. The summed E-state index contributed by atoms with van der Waals surface area (Å²) in [6.07, 6.45) is 4.26. The van der Waals surface area contributed by atoms with E-state index < -0.39 is 13.0 Å². The first-order chi connectivity index (χ1) is 14.4. The average Bonchev–Trinajstić information content (AvgIpc) is 3.34. The van der Waals surface area contributed by atoms with Crippen LogP contribution in [0.5, 0.6) is 5.75 Å². The number of aromatic nitrogens is 2. The van der Waals surface area contributed by atoms with Crippen molar-refractivity contribution < 1.29 is 14.5 Å². The van der Waals surface area contributed by atoms with Crippen LogP contribution < -0.4 is 15.7 Å². The first kappa shape index (κ1) is 20.0. The van der Waals surface area contributed by atoms with Gasteiger partial charge >= 0.3 is 7.12 Å². The molecule has 0 saturated heterocycles. The Bertz CT molecular complexity index is 1060. The maximum atomic E-state index is 12.0. The third-order valence-electron chi connectivity index (χ3n) is 5.73. The van der Waals surface area contributed by atoms with Crippen molar-refractivity contribution in [2.24, 2.45) is 17.6 Å². The highest BCUT2D eigenvalue weighted by Gasteiger charge is 2.31. The van der Waals surface area contributed by atoms with Gasteiger partial charge in [-0.2, -0.15) is 10.4 Å². The van der Waals surface area contributed by atoms with Gasteiger partial charge in [0.1, 0.15) is 11.3 Å². The number of benzene rings is 1. The van der Waals surface area contributed by atoms with Gasteiger partial charge in [-0.25, -0.2) is 0 Å². The van der Waals surface area contributed by atoms with Gasteiger partial charge in [0.25, 0.3) is 5.91 Å². The summed E-state index contributed by atoms with van der Waals surface area (Å²) in [4.78, 5) is 12.0. The van der Waals surface area contributed by atoms with E-state index in [1.54, 1.807) is 29.0 Å². The van der Waals surface area contributed by atoms with Gasteiger partial charge in [0.15, 0.2) is 5.82 Å². The third kappa shape index (κ3) is 3.66. The van der Waals surface area contributed by atoms with Crippen LogP contribution in [0, 0.1) is 23.2 Å². The molecule has 1 aromatic heterocycles. The molecule has 2 atom stereocenters. The second-order valence-electron chi connectivity index (χ2n) is 8.09. The van der Waals surface area contributed by atoms with Crippen molar-refractivity contribution in [1.82, 2.24) is 9.78 Å². The van der Waals surface area contributed by atoms with E-state index in [4.69, 9.17) is 10.4 Å². The number of hydrogen-bond acceptors (Lipinski definition) is 6. The number of nitrogens with two attached hydrogens (primary N) is 1. The van der Waals surface area contributed by atoms with Crippen LogP contribution in [0.3, 0.4) is 0 Å². The quantitative estimate of drug-likeness (QED) is 0.657. The molecule has 0 spiro atoms. The summed E-state index contributed by atoms with van der Waals surface area (Å²) in [6.45, 7) is 4.10. The number of carbonyl (C=O) groups is 1. The van der Waals surface area contributed by atoms with Gasteiger partial charge in [0, 0.05) is 17.4 Å². The molecule has 2 aliphatic rings. The van der Waals surface area contributed by atoms with Crippen molar-refractivity contribution in [3.63, 3.8) is 0 Å². The topological polar surface area (TPSA) is 126 Å². The van der Waals surface area contributed by atoms with E-state index in [9.17, 15) is 15.1 Å². The number of hydrogen-bond donors (Lipinski definition) is 3. The molecular weight excluding hydrogens is 381 g/mol. The molecule has 1 unspecified atom stereocenters. The van der Waals surface area contributed by atoms with Crippen LogP contribution in [-0.2, 0) is 0 Å².